The van der Waals surface area contributed by atoms with Gasteiger partial charge in [-0.05, 0) is 34.9 Å². The lowest BCUT2D eigenvalue weighted by Gasteiger charge is -2.06. The monoisotopic (exact) mass is 249 g/mol. The summed E-state index contributed by atoms with van der Waals surface area (Å²) in [6, 6.07) is 16.3. The topological polar surface area (TPSA) is 35.2 Å². The normalized spacial score (nSPS) is 9.53. The van der Waals surface area contributed by atoms with Gasteiger partial charge in [-0.25, -0.2) is 0 Å². The summed E-state index contributed by atoms with van der Waals surface area (Å²) in [5.41, 5.74) is 9.08. The Morgan fingerprint density at radius 2 is 1.65 bits per heavy atom. The number of methoxy groups -OCH3 is 1. The molecule has 0 aliphatic carbocycles. The maximum absolute atomic E-state index is 5.63. The predicted molar refractivity (Wildman–Crippen MR) is 73.6 cm³/mol. The lowest BCUT2D eigenvalue weighted by Crippen LogP contribution is -1.95. The molecule has 0 bridgehead atoms. The van der Waals surface area contributed by atoms with Crippen LogP contribution in [0.2, 0.25) is 0 Å². The number of halogens is 1. The van der Waals surface area contributed by atoms with Crippen LogP contribution < -0.4 is 10.5 Å². The Bertz CT molecular complexity index is 440. The summed E-state index contributed by atoms with van der Waals surface area (Å²) < 4.78 is 5.21. The number of benzene rings is 2. The summed E-state index contributed by atoms with van der Waals surface area (Å²) in [4.78, 5) is 0. The maximum Gasteiger partial charge on any atom is 0.119 e. The third-order valence-corrected chi connectivity index (χ3v) is 2.57. The highest BCUT2D eigenvalue weighted by Crippen LogP contribution is 2.24. The number of rotatable bonds is 3. The summed E-state index contributed by atoms with van der Waals surface area (Å²) >= 11 is 0. The molecule has 0 amide bonds. The number of ether oxygens (including phenoxy) is 1. The van der Waals surface area contributed by atoms with E-state index in [1.54, 1.807) is 7.11 Å². The third kappa shape index (κ3) is 3.22. The fourth-order valence-electron chi connectivity index (χ4n) is 1.68. The lowest BCUT2D eigenvalue weighted by molar-refractivity contribution is 0.415. The molecule has 90 valence electrons. The van der Waals surface area contributed by atoms with Gasteiger partial charge in [-0.2, -0.15) is 0 Å². The van der Waals surface area contributed by atoms with E-state index < -0.39 is 0 Å². The van der Waals surface area contributed by atoms with Crippen molar-refractivity contribution in [2.75, 3.05) is 7.11 Å². The molecule has 2 aromatic rings. The first-order chi connectivity index (χ1) is 7.83. The summed E-state index contributed by atoms with van der Waals surface area (Å²) in [6.45, 7) is 0.567. The van der Waals surface area contributed by atoms with Gasteiger partial charge in [0.05, 0.1) is 7.11 Å². The fraction of sp³-hybridized carbons (Fsp3) is 0.143. The van der Waals surface area contributed by atoms with Crippen molar-refractivity contribution in [3.05, 3.63) is 54.1 Å². The van der Waals surface area contributed by atoms with E-state index >= 15 is 0 Å². The minimum Gasteiger partial charge on any atom is -0.497 e. The molecule has 17 heavy (non-hydrogen) atoms. The average molecular weight is 250 g/mol. The first-order valence-electron chi connectivity index (χ1n) is 5.27. The summed E-state index contributed by atoms with van der Waals surface area (Å²) in [6.07, 6.45) is 0. The van der Waals surface area contributed by atoms with Crippen LogP contribution in [0.25, 0.3) is 11.1 Å². The third-order valence-electron chi connectivity index (χ3n) is 2.57. The zero-order valence-electron chi connectivity index (χ0n) is 9.72. The molecule has 0 aliphatic rings. The van der Waals surface area contributed by atoms with Crippen LogP contribution in [0.4, 0.5) is 0 Å². The highest BCUT2D eigenvalue weighted by molar-refractivity contribution is 5.85. The molecule has 2 N–H and O–H groups in total. The highest BCUT2D eigenvalue weighted by atomic mass is 35.5. The zero-order valence-corrected chi connectivity index (χ0v) is 10.5. The second-order valence-corrected chi connectivity index (χ2v) is 3.64. The summed E-state index contributed by atoms with van der Waals surface area (Å²) in [7, 11) is 1.68. The zero-order chi connectivity index (χ0) is 11.4. The molecule has 0 aromatic heterocycles. The molecule has 0 aliphatic heterocycles. The molecule has 2 aromatic carbocycles. The second kappa shape index (κ2) is 6.28. The summed E-state index contributed by atoms with van der Waals surface area (Å²) in [5, 5.41) is 0. The van der Waals surface area contributed by atoms with Crippen LogP contribution in [0.15, 0.2) is 48.5 Å². The van der Waals surface area contributed by atoms with Gasteiger partial charge in [0.1, 0.15) is 5.75 Å². The largest absolute Gasteiger partial charge is 0.497 e. The number of nitrogens with two attached hydrogens (primary N) is 1. The molecule has 0 saturated carbocycles. The van der Waals surface area contributed by atoms with Crippen LogP contribution in [-0.2, 0) is 6.54 Å². The van der Waals surface area contributed by atoms with E-state index in [2.05, 4.69) is 18.2 Å². The number of hydrogen-bond donors (Lipinski definition) is 1. The van der Waals surface area contributed by atoms with Gasteiger partial charge in [0.25, 0.3) is 0 Å². The van der Waals surface area contributed by atoms with Crippen LogP contribution in [-0.4, -0.2) is 7.11 Å². The Hall–Kier alpha value is -1.51. The minimum absolute atomic E-state index is 0. The molecule has 2 rings (SSSR count). The van der Waals surface area contributed by atoms with Crippen molar-refractivity contribution in [2.45, 2.75) is 6.54 Å². The van der Waals surface area contributed by atoms with Crippen molar-refractivity contribution in [1.82, 2.24) is 0 Å². The van der Waals surface area contributed by atoms with E-state index in [0.717, 1.165) is 16.9 Å². The predicted octanol–water partition coefficient (Wildman–Crippen LogP) is 3.24. The molecule has 0 saturated heterocycles. The van der Waals surface area contributed by atoms with Crippen LogP contribution in [0.3, 0.4) is 0 Å². The van der Waals surface area contributed by atoms with Gasteiger partial charge < -0.3 is 10.5 Å². The molecule has 0 fully saturated rings. The molecular weight excluding hydrogens is 234 g/mol. The van der Waals surface area contributed by atoms with E-state index in [4.69, 9.17) is 10.5 Å². The van der Waals surface area contributed by atoms with Gasteiger partial charge in [-0.3, -0.25) is 0 Å². The van der Waals surface area contributed by atoms with Gasteiger partial charge in [-0.1, -0.05) is 30.3 Å². The molecular formula is C14H16ClNO. The molecule has 0 radical (unpaired) electrons. The van der Waals surface area contributed by atoms with E-state index in [1.807, 2.05) is 30.3 Å². The Morgan fingerprint density at radius 3 is 2.29 bits per heavy atom. The van der Waals surface area contributed by atoms with Crippen LogP contribution >= 0.6 is 12.4 Å². The van der Waals surface area contributed by atoms with Crippen molar-refractivity contribution in [3.63, 3.8) is 0 Å². The highest BCUT2D eigenvalue weighted by Gasteiger charge is 2.00. The van der Waals surface area contributed by atoms with E-state index in [0.29, 0.717) is 6.54 Å². The summed E-state index contributed by atoms with van der Waals surface area (Å²) in [5.74, 6) is 0.871. The molecule has 0 spiro atoms. The molecule has 0 heterocycles. The Balaban J connectivity index is 0.00000144. The standard InChI is InChI=1S/C14H15NO.ClH/c1-16-14-7-3-6-13(9-14)12-5-2-4-11(8-12)10-15;/h2-9H,10,15H2,1H3;1H. The quantitative estimate of drug-likeness (QED) is 0.906. The average Bonchev–Trinajstić information content (AvgIpc) is 2.39. The SMILES string of the molecule is COc1cccc(-c2cccc(CN)c2)c1.Cl. The van der Waals surface area contributed by atoms with Crippen molar-refractivity contribution in [2.24, 2.45) is 5.73 Å². The van der Waals surface area contributed by atoms with Gasteiger partial charge >= 0.3 is 0 Å². The Morgan fingerprint density at radius 1 is 1.00 bits per heavy atom. The van der Waals surface area contributed by atoms with Crippen molar-refractivity contribution >= 4 is 12.4 Å². The lowest BCUT2D eigenvalue weighted by atomic mass is 10.0. The smallest absolute Gasteiger partial charge is 0.119 e. The number of hydrogen-bond acceptors (Lipinski definition) is 2. The Kier molecular flexibility index (Phi) is 5.01. The minimum atomic E-state index is 0. The van der Waals surface area contributed by atoms with E-state index in [9.17, 15) is 0 Å². The van der Waals surface area contributed by atoms with Gasteiger partial charge in [0.15, 0.2) is 0 Å². The van der Waals surface area contributed by atoms with Crippen LogP contribution in [0.5, 0.6) is 5.75 Å². The fourth-order valence-corrected chi connectivity index (χ4v) is 1.68. The first-order valence-corrected chi connectivity index (χ1v) is 5.27. The molecule has 3 heteroatoms. The van der Waals surface area contributed by atoms with Crippen molar-refractivity contribution < 1.29 is 4.74 Å². The maximum atomic E-state index is 5.63. The molecule has 0 unspecified atom stereocenters. The molecule has 2 nitrogen and oxygen atoms in total. The van der Waals surface area contributed by atoms with Crippen molar-refractivity contribution in [3.8, 4) is 16.9 Å². The van der Waals surface area contributed by atoms with E-state index in [1.165, 1.54) is 5.56 Å². The van der Waals surface area contributed by atoms with Crippen LogP contribution in [0.1, 0.15) is 5.56 Å². The molecule has 0 atom stereocenters. The van der Waals surface area contributed by atoms with Gasteiger partial charge in [-0.15, -0.1) is 12.4 Å². The van der Waals surface area contributed by atoms with Crippen molar-refractivity contribution in [1.29, 1.82) is 0 Å². The Labute approximate surface area is 108 Å². The first kappa shape index (κ1) is 13.6. The van der Waals surface area contributed by atoms with Gasteiger partial charge in [0, 0.05) is 6.54 Å². The van der Waals surface area contributed by atoms with Gasteiger partial charge in [0.2, 0.25) is 0 Å². The van der Waals surface area contributed by atoms with E-state index in [-0.39, 0.29) is 12.4 Å². The van der Waals surface area contributed by atoms with Crippen LogP contribution in [0, 0.1) is 0 Å². The second-order valence-electron chi connectivity index (χ2n) is 3.64.